The van der Waals surface area contributed by atoms with Crippen molar-refractivity contribution in [3.8, 4) is 17.0 Å². The Bertz CT molecular complexity index is 758. The van der Waals surface area contributed by atoms with Crippen molar-refractivity contribution < 1.29 is 17.9 Å². The van der Waals surface area contributed by atoms with Gasteiger partial charge in [0, 0.05) is 23.0 Å². The Kier molecular flexibility index (Phi) is 5.91. The molecule has 0 bridgehead atoms. The molecule has 0 aliphatic rings. The molecule has 142 valence electrons. The van der Waals surface area contributed by atoms with Crippen molar-refractivity contribution in [2.45, 2.75) is 45.8 Å². The van der Waals surface area contributed by atoms with E-state index in [0.29, 0.717) is 23.6 Å². The van der Waals surface area contributed by atoms with E-state index in [1.165, 1.54) is 6.20 Å². The minimum absolute atomic E-state index is 0.0242. The van der Waals surface area contributed by atoms with Crippen LogP contribution in [0.15, 0.2) is 30.6 Å². The predicted molar refractivity (Wildman–Crippen MR) is 94.7 cm³/mol. The number of hydrogen-bond acceptors (Lipinski definition) is 4. The fourth-order valence-electron chi connectivity index (χ4n) is 2.88. The Labute approximate surface area is 151 Å². The summed E-state index contributed by atoms with van der Waals surface area (Å²) in [7, 11) is 0. The molecular formula is C19H24F3N3O. The van der Waals surface area contributed by atoms with Crippen molar-refractivity contribution in [3.05, 3.63) is 41.9 Å². The maximum absolute atomic E-state index is 13.5. The van der Waals surface area contributed by atoms with Crippen LogP contribution < -0.4 is 10.5 Å². The fraction of sp³-hybridized carbons (Fsp3) is 0.474. The van der Waals surface area contributed by atoms with Crippen LogP contribution in [0.4, 0.5) is 13.2 Å². The number of nitrogens with zero attached hydrogens (tertiary/aromatic N) is 2. The lowest BCUT2D eigenvalue weighted by Gasteiger charge is -2.27. The van der Waals surface area contributed by atoms with Gasteiger partial charge in [0.05, 0.1) is 11.9 Å². The topological polar surface area (TPSA) is 61.0 Å². The van der Waals surface area contributed by atoms with E-state index in [1.807, 2.05) is 13.8 Å². The Morgan fingerprint density at radius 1 is 1.19 bits per heavy atom. The van der Waals surface area contributed by atoms with E-state index in [0.717, 1.165) is 12.3 Å². The molecule has 4 nitrogen and oxygen atoms in total. The Balaban J connectivity index is 2.32. The first-order valence-corrected chi connectivity index (χ1v) is 8.40. The molecule has 2 heterocycles. The minimum Gasteiger partial charge on any atom is -0.489 e. The third-order valence-corrected chi connectivity index (χ3v) is 3.80. The number of hydrogen-bond donors (Lipinski definition) is 1. The standard InChI is InChI=1S/C19H24F3N3O/c1-12(2)9-18(4,23)11-26-17-10-25-16(8-15(17)19(20,21)22)14-5-6-24-13(3)7-14/h5-8,10,12H,9,11,23H2,1-4H3. The van der Waals surface area contributed by atoms with Crippen LogP contribution in [0, 0.1) is 12.8 Å². The molecule has 1 unspecified atom stereocenters. The monoisotopic (exact) mass is 367 g/mol. The lowest BCUT2D eigenvalue weighted by atomic mass is 9.93. The van der Waals surface area contributed by atoms with Crippen LogP contribution in [0.2, 0.25) is 0 Å². The summed E-state index contributed by atoms with van der Waals surface area (Å²) in [4.78, 5) is 8.18. The van der Waals surface area contributed by atoms with Crippen LogP contribution in [0.5, 0.6) is 5.75 Å². The second kappa shape index (κ2) is 7.61. The fourth-order valence-corrected chi connectivity index (χ4v) is 2.88. The van der Waals surface area contributed by atoms with Crippen molar-refractivity contribution in [2.24, 2.45) is 11.7 Å². The van der Waals surface area contributed by atoms with E-state index < -0.39 is 17.3 Å². The number of aromatic nitrogens is 2. The quantitative estimate of drug-likeness (QED) is 0.810. The van der Waals surface area contributed by atoms with Gasteiger partial charge < -0.3 is 10.5 Å². The van der Waals surface area contributed by atoms with Gasteiger partial charge in [0.2, 0.25) is 0 Å². The molecular weight excluding hydrogens is 343 g/mol. The summed E-state index contributed by atoms with van der Waals surface area (Å²) in [6, 6.07) is 4.30. The van der Waals surface area contributed by atoms with E-state index in [2.05, 4.69) is 9.97 Å². The highest BCUT2D eigenvalue weighted by Crippen LogP contribution is 2.38. The van der Waals surface area contributed by atoms with Crippen molar-refractivity contribution in [1.29, 1.82) is 0 Å². The number of pyridine rings is 2. The normalized spacial score (nSPS) is 14.3. The molecule has 0 fully saturated rings. The van der Waals surface area contributed by atoms with Crippen LogP contribution in [0.25, 0.3) is 11.3 Å². The number of alkyl halides is 3. The maximum atomic E-state index is 13.5. The van der Waals surface area contributed by atoms with Crippen molar-refractivity contribution in [3.63, 3.8) is 0 Å². The predicted octanol–water partition coefficient (Wildman–Crippen LogP) is 4.61. The maximum Gasteiger partial charge on any atom is 0.420 e. The summed E-state index contributed by atoms with van der Waals surface area (Å²) < 4.78 is 45.9. The number of ether oxygens (including phenoxy) is 1. The van der Waals surface area contributed by atoms with Gasteiger partial charge in [-0.25, -0.2) is 0 Å². The lowest BCUT2D eigenvalue weighted by molar-refractivity contribution is -0.139. The van der Waals surface area contributed by atoms with E-state index in [9.17, 15) is 13.2 Å². The molecule has 2 rings (SSSR count). The Morgan fingerprint density at radius 2 is 1.88 bits per heavy atom. The van der Waals surface area contributed by atoms with Crippen molar-refractivity contribution in [1.82, 2.24) is 9.97 Å². The molecule has 0 saturated carbocycles. The highest BCUT2D eigenvalue weighted by atomic mass is 19.4. The summed E-state index contributed by atoms with van der Waals surface area (Å²) in [6.07, 6.45) is -1.27. The highest BCUT2D eigenvalue weighted by molar-refractivity contribution is 5.61. The van der Waals surface area contributed by atoms with Gasteiger partial charge in [-0.3, -0.25) is 9.97 Å². The molecule has 2 aromatic heterocycles. The highest BCUT2D eigenvalue weighted by Gasteiger charge is 2.36. The summed E-state index contributed by atoms with van der Waals surface area (Å²) in [5.74, 6) is -0.00132. The van der Waals surface area contributed by atoms with E-state index >= 15 is 0 Å². The van der Waals surface area contributed by atoms with Crippen LogP contribution in [0.3, 0.4) is 0 Å². The molecule has 0 saturated heterocycles. The van der Waals surface area contributed by atoms with Crippen molar-refractivity contribution >= 4 is 0 Å². The van der Waals surface area contributed by atoms with E-state index in [1.54, 1.807) is 26.0 Å². The average Bonchev–Trinajstić information content (AvgIpc) is 2.51. The SMILES string of the molecule is Cc1cc(-c2cc(C(F)(F)F)c(OCC(C)(N)CC(C)C)cn2)ccn1. The lowest BCUT2D eigenvalue weighted by Crippen LogP contribution is -2.43. The van der Waals surface area contributed by atoms with Gasteiger partial charge in [-0.05, 0) is 44.4 Å². The van der Waals surface area contributed by atoms with Gasteiger partial charge >= 0.3 is 6.18 Å². The van der Waals surface area contributed by atoms with Crippen LogP contribution in [0.1, 0.15) is 38.4 Å². The molecule has 7 heteroatoms. The molecule has 1 atom stereocenters. The summed E-state index contributed by atoms with van der Waals surface area (Å²) >= 11 is 0. The summed E-state index contributed by atoms with van der Waals surface area (Å²) in [6.45, 7) is 7.51. The zero-order valence-corrected chi connectivity index (χ0v) is 15.4. The van der Waals surface area contributed by atoms with Crippen LogP contribution in [-0.4, -0.2) is 22.1 Å². The molecule has 26 heavy (non-hydrogen) atoms. The van der Waals surface area contributed by atoms with Gasteiger partial charge in [0.25, 0.3) is 0 Å². The first kappa shape index (κ1) is 20.2. The van der Waals surface area contributed by atoms with Crippen LogP contribution >= 0.6 is 0 Å². The largest absolute Gasteiger partial charge is 0.489 e. The first-order valence-electron chi connectivity index (χ1n) is 8.40. The molecule has 0 radical (unpaired) electrons. The number of rotatable bonds is 6. The number of nitrogens with two attached hydrogens (primary N) is 1. The first-order chi connectivity index (χ1) is 12.0. The molecule has 0 aliphatic carbocycles. The molecule has 0 amide bonds. The zero-order chi connectivity index (χ0) is 19.5. The second-order valence-corrected chi connectivity index (χ2v) is 7.29. The smallest absolute Gasteiger partial charge is 0.420 e. The number of aryl methyl sites for hydroxylation is 1. The third kappa shape index (κ3) is 5.42. The van der Waals surface area contributed by atoms with E-state index in [-0.39, 0.29) is 18.1 Å². The molecule has 0 spiro atoms. The van der Waals surface area contributed by atoms with Crippen LogP contribution in [-0.2, 0) is 6.18 Å². The Hall–Kier alpha value is -2.15. The molecule has 0 aromatic carbocycles. The van der Waals surface area contributed by atoms with Gasteiger partial charge in [0.15, 0.2) is 0 Å². The zero-order valence-electron chi connectivity index (χ0n) is 15.4. The minimum atomic E-state index is -4.56. The third-order valence-electron chi connectivity index (χ3n) is 3.80. The number of halogens is 3. The average molecular weight is 367 g/mol. The summed E-state index contributed by atoms with van der Waals surface area (Å²) in [5.41, 5.74) is 6.02. The molecule has 2 N–H and O–H groups in total. The summed E-state index contributed by atoms with van der Waals surface area (Å²) in [5, 5.41) is 0. The van der Waals surface area contributed by atoms with Crippen molar-refractivity contribution in [2.75, 3.05) is 6.61 Å². The molecule has 2 aromatic rings. The Morgan fingerprint density at radius 3 is 2.46 bits per heavy atom. The van der Waals surface area contributed by atoms with Gasteiger partial charge in [-0.1, -0.05) is 13.8 Å². The second-order valence-electron chi connectivity index (χ2n) is 7.29. The van der Waals surface area contributed by atoms with E-state index in [4.69, 9.17) is 10.5 Å². The molecule has 0 aliphatic heterocycles. The van der Waals surface area contributed by atoms with Gasteiger partial charge in [-0.15, -0.1) is 0 Å². The van der Waals surface area contributed by atoms with Gasteiger partial charge in [-0.2, -0.15) is 13.2 Å². The van der Waals surface area contributed by atoms with Gasteiger partial charge in [0.1, 0.15) is 17.9 Å².